The molecular formula is C14H24ClN3. The summed E-state index contributed by atoms with van der Waals surface area (Å²) >= 11 is 6.03. The molecule has 0 bridgehead atoms. The zero-order chi connectivity index (χ0) is 13.8. The number of aromatic nitrogens is 2. The quantitative estimate of drug-likeness (QED) is 0.641. The van der Waals surface area contributed by atoms with E-state index in [4.69, 9.17) is 11.6 Å². The van der Waals surface area contributed by atoms with Crippen LogP contribution in [0, 0.1) is 5.92 Å². The molecule has 1 aromatic rings. The summed E-state index contributed by atoms with van der Waals surface area (Å²) in [6.07, 6.45) is 2.36. The smallest absolute Gasteiger partial charge is 0.137 e. The number of hydrogen-bond acceptors (Lipinski definition) is 3. The molecule has 0 amide bonds. The van der Waals surface area contributed by atoms with Crippen LogP contribution in [0.25, 0.3) is 0 Å². The van der Waals surface area contributed by atoms with E-state index in [1.165, 1.54) is 6.42 Å². The predicted octanol–water partition coefficient (Wildman–Crippen LogP) is 4.28. The van der Waals surface area contributed by atoms with Gasteiger partial charge in [0, 0.05) is 18.0 Å². The van der Waals surface area contributed by atoms with Crippen LogP contribution in [0.3, 0.4) is 0 Å². The molecule has 4 heteroatoms. The van der Waals surface area contributed by atoms with Gasteiger partial charge in [0.25, 0.3) is 0 Å². The van der Waals surface area contributed by atoms with Crippen LogP contribution in [-0.2, 0) is 5.41 Å². The summed E-state index contributed by atoms with van der Waals surface area (Å²) in [7, 11) is 0. The van der Waals surface area contributed by atoms with Crippen molar-refractivity contribution in [2.45, 2.75) is 52.9 Å². The molecule has 1 aromatic heterocycles. The topological polar surface area (TPSA) is 37.8 Å². The molecule has 3 nitrogen and oxygen atoms in total. The van der Waals surface area contributed by atoms with Crippen molar-refractivity contribution in [1.82, 2.24) is 9.97 Å². The molecule has 0 atom stereocenters. The Balaban J connectivity index is 2.63. The second-order valence-corrected chi connectivity index (χ2v) is 6.50. The lowest BCUT2D eigenvalue weighted by Crippen LogP contribution is -2.17. The first-order valence-corrected chi connectivity index (χ1v) is 6.96. The van der Waals surface area contributed by atoms with Gasteiger partial charge in [0.15, 0.2) is 0 Å². The van der Waals surface area contributed by atoms with E-state index in [0.29, 0.717) is 5.15 Å². The Labute approximate surface area is 115 Å². The highest BCUT2D eigenvalue weighted by atomic mass is 35.5. The minimum Gasteiger partial charge on any atom is -0.370 e. The van der Waals surface area contributed by atoms with E-state index in [2.05, 4.69) is 49.9 Å². The van der Waals surface area contributed by atoms with Crippen molar-refractivity contribution < 1.29 is 0 Å². The average molecular weight is 270 g/mol. The summed E-state index contributed by atoms with van der Waals surface area (Å²) in [5, 5.41) is 3.82. The number of anilines is 1. The van der Waals surface area contributed by atoms with E-state index >= 15 is 0 Å². The van der Waals surface area contributed by atoms with Crippen LogP contribution in [0.5, 0.6) is 0 Å². The van der Waals surface area contributed by atoms with E-state index in [1.807, 2.05) is 0 Å². The van der Waals surface area contributed by atoms with Crippen molar-refractivity contribution in [3.63, 3.8) is 0 Å². The molecule has 18 heavy (non-hydrogen) atoms. The van der Waals surface area contributed by atoms with Crippen LogP contribution in [0.2, 0.25) is 5.15 Å². The van der Waals surface area contributed by atoms with Crippen LogP contribution in [0.1, 0.15) is 53.3 Å². The lowest BCUT2D eigenvalue weighted by molar-refractivity contribution is 0.545. The van der Waals surface area contributed by atoms with Crippen LogP contribution < -0.4 is 5.32 Å². The van der Waals surface area contributed by atoms with Crippen LogP contribution in [0.4, 0.5) is 5.82 Å². The van der Waals surface area contributed by atoms with E-state index < -0.39 is 0 Å². The second kappa shape index (κ2) is 6.37. The number of rotatable bonds is 5. The standard InChI is InChI=1S/C14H24ClN3/c1-10(2)7-6-8-16-12-9-11(15)17-13(18-12)14(3,4)5/h9-10H,6-8H2,1-5H3,(H,16,17,18). The highest BCUT2D eigenvalue weighted by Gasteiger charge is 2.18. The fourth-order valence-electron chi connectivity index (χ4n) is 1.57. The monoisotopic (exact) mass is 269 g/mol. The van der Waals surface area contributed by atoms with E-state index in [9.17, 15) is 0 Å². The molecule has 0 aliphatic rings. The Hall–Kier alpha value is -0.830. The fourth-order valence-corrected chi connectivity index (χ4v) is 1.75. The summed E-state index contributed by atoms with van der Waals surface area (Å²) in [6, 6.07) is 1.78. The molecule has 0 spiro atoms. The van der Waals surface area contributed by atoms with Gasteiger partial charge < -0.3 is 5.32 Å². The van der Waals surface area contributed by atoms with Crippen molar-refractivity contribution in [2.75, 3.05) is 11.9 Å². The van der Waals surface area contributed by atoms with E-state index in [1.54, 1.807) is 6.07 Å². The third kappa shape index (κ3) is 5.21. The van der Waals surface area contributed by atoms with Gasteiger partial charge in [-0.3, -0.25) is 0 Å². The Bertz CT molecular complexity index is 383. The third-order valence-electron chi connectivity index (χ3n) is 2.63. The number of hydrogen-bond donors (Lipinski definition) is 1. The average Bonchev–Trinajstić information content (AvgIpc) is 2.22. The minimum absolute atomic E-state index is 0.0841. The molecule has 1 N–H and O–H groups in total. The molecule has 0 aliphatic heterocycles. The van der Waals surface area contributed by atoms with Crippen molar-refractivity contribution in [1.29, 1.82) is 0 Å². The van der Waals surface area contributed by atoms with Crippen LogP contribution >= 0.6 is 11.6 Å². The van der Waals surface area contributed by atoms with Gasteiger partial charge in [-0.25, -0.2) is 9.97 Å². The third-order valence-corrected chi connectivity index (χ3v) is 2.82. The first-order chi connectivity index (χ1) is 8.29. The van der Waals surface area contributed by atoms with Crippen molar-refractivity contribution in [3.05, 3.63) is 17.0 Å². The van der Waals surface area contributed by atoms with Gasteiger partial charge >= 0.3 is 0 Å². The van der Waals surface area contributed by atoms with Gasteiger partial charge in [0.1, 0.15) is 16.8 Å². The normalized spacial score (nSPS) is 11.9. The van der Waals surface area contributed by atoms with E-state index in [-0.39, 0.29) is 5.41 Å². The molecule has 0 radical (unpaired) electrons. The summed E-state index contributed by atoms with van der Waals surface area (Å²) in [5.74, 6) is 2.34. The molecule has 102 valence electrons. The summed E-state index contributed by atoms with van der Waals surface area (Å²) < 4.78 is 0. The summed E-state index contributed by atoms with van der Waals surface area (Å²) in [5.41, 5.74) is -0.0841. The van der Waals surface area contributed by atoms with Crippen LogP contribution in [0.15, 0.2) is 6.07 Å². The lowest BCUT2D eigenvalue weighted by Gasteiger charge is -2.18. The fraction of sp³-hybridized carbons (Fsp3) is 0.714. The first-order valence-electron chi connectivity index (χ1n) is 6.58. The molecule has 1 rings (SSSR count). The van der Waals surface area contributed by atoms with Crippen molar-refractivity contribution >= 4 is 17.4 Å². The zero-order valence-corrected chi connectivity index (χ0v) is 12.8. The first kappa shape index (κ1) is 15.2. The second-order valence-electron chi connectivity index (χ2n) is 6.11. The molecule has 0 saturated carbocycles. The highest BCUT2D eigenvalue weighted by Crippen LogP contribution is 2.22. The lowest BCUT2D eigenvalue weighted by atomic mass is 9.96. The molecule has 0 unspecified atom stereocenters. The number of nitrogens with zero attached hydrogens (tertiary/aromatic N) is 2. The molecule has 1 heterocycles. The zero-order valence-electron chi connectivity index (χ0n) is 12.0. The summed E-state index contributed by atoms with van der Waals surface area (Å²) in [6.45, 7) is 11.7. The minimum atomic E-state index is -0.0841. The van der Waals surface area contributed by atoms with Gasteiger partial charge in [-0.2, -0.15) is 0 Å². The van der Waals surface area contributed by atoms with Crippen molar-refractivity contribution in [2.24, 2.45) is 5.92 Å². The maximum absolute atomic E-state index is 6.03. The Morgan fingerprint density at radius 3 is 2.50 bits per heavy atom. The number of nitrogens with one attached hydrogen (secondary N) is 1. The van der Waals surface area contributed by atoms with Gasteiger partial charge in [0.05, 0.1) is 0 Å². The van der Waals surface area contributed by atoms with Crippen molar-refractivity contribution in [3.8, 4) is 0 Å². The largest absolute Gasteiger partial charge is 0.370 e. The van der Waals surface area contributed by atoms with Gasteiger partial charge in [-0.05, 0) is 18.8 Å². The molecular weight excluding hydrogens is 246 g/mol. The SMILES string of the molecule is CC(C)CCCNc1cc(Cl)nc(C(C)(C)C)n1. The Morgan fingerprint density at radius 2 is 1.94 bits per heavy atom. The Morgan fingerprint density at radius 1 is 1.28 bits per heavy atom. The molecule has 0 fully saturated rings. The molecule has 0 aromatic carbocycles. The summed E-state index contributed by atoms with van der Waals surface area (Å²) in [4.78, 5) is 8.79. The van der Waals surface area contributed by atoms with Gasteiger partial charge in [0.2, 0.25) is 0 Å². The Kier molecular flexibility index (Phi) is 5.39. The van der Waals surface area contributed by atoms with Gasteiger partial charge in [-0.15, -0.1) is 0 Å². The predicted molar refractivity (Wildman–Crippen MR) is 78.3 cm³/mol. The van der Waals surface area contributed by atoms with E-state index in [0.717, 1.165) is 30.5 Å². The maximum atomic E-state index is 6.03. The molecule has 0 aliphatic carbocycles. The van der Waals surface area contributed by atoms with Gasteiger partial charge in [-0.1, -0.05) is 46.2 Å². The number of halogens is 1. The maximum Gasteiger partial charge on any atom is 0.137 e. The van der Waals surface area contributed by atoms with Crippen LogP contribution in [-0.4, -0.2) is 16.5 Å². The molecule has 0 saturated heterocycles. The highest BCUT2D eigenvalue weighted by molar-refractivity contribution is 6.29.